The Morgan fingerprint density at radius 1 is 0.857 bits per heavy atom. The molecule has 0 aliphatic rings. The van der Waals surface area contributed by atoms with Crippen molar-refractivity contribution in [3.8, 4) is 22.9 Å². The average Bonchev–Trinajstić information content (AvgIpc) is 3.44. The van der Waals surface area contributed by atoms with Crippen LogP contribution in [0.5, 0.6) is 17.2 Å². The predicted octanol–water partition coefficient (Wildman–Crippen LogP) is 4.48. The number of rotatable bonds is 8. The molecule has 0 spiro atoms. The highest BCUT2D eigenvalue weighted by atomic mass is 16.6. The van der Waals surface area contributed by atoms with E-state index in [-0.39, 0.29) is 11.7 Å². The van der Waals surface area contributed by atoms with Gasteiger partial charge in [-0.05, 0) is 72.3 Å². The number of carbonyl (C=O) groups is 2. The first kappa shape index (κ1) is 23.3. The number of nitrogens with zero attached hydrogens (tertiary/aromatic N) is 2. The van der Waals surface area contributed by atoms with E-state index in [0.717, 1.165) is 5.69 Å². The van der Waals surface area contributed by atoms with E-state index in [1.54, 1.807) is 61.7 Å². The van der Waals surface area contributed by atoms with Gasteiger partial charge in [0.25, 0.3) is 5.91 Å². The molecule has 0 unspecified atom stereocenters. The van der Waals surface area contributed by atoms with Crippen LogP contribution in [0.4, 0.5) is 0 Å². The molecule has 1 aromatic heterocycles. The second kappa shape index (κ2) is 10.8. The monoisotopic (exact) mass is 469 g/mol. The van der Waals surface area contributed by atoms with Gasteiger partial charge in [0.1, 0.15) is 5.75 Å². The third kappa shape index (κ3) is 5.56. The highest BCUT2D eigenvalue weighted by Crippen LogP contribution is 2.28. The van der Waals surface area contributed by atoms with Gasteiger partial charge in [-0.2, -0.15) is 5.10 Å². The molecule has 1 amide bonds. The van der Waals surface area contributed by atoms with Gasteiger partial charge < -0.3 is 18.8 Å². The predicted molar refractivity (Wildman–Crippen MR) is 132 cm³/mol. The summed E-state index contributed by atoms with van der Waals surface area (Å²) in [7, 11) is 3.03. The van der Waals surface area contributed by atoms with E-state index in [1.165, 1.54) is 13.3 Å². The molecule has 4 rings (SSSR count). The fraction of sp³-hybridized carbons (Fsp3) is 0.0741. The molecule has 0 saturated carbocycles. The Morgan fingerprint density at radius 2 is 1.60 bits per heavy atom. The summed E-state index contributed by atoms with van der Waals surface area (Å²) < 4.78 is 17.8. The Bertz CT molecular complexity index is 1350. The van der Waals surface area contributed by atoms with Crippen LogP contribution < -0.4 is 19.6 Å². The lowest BCUT2D eigenvalue weighted by atomic mass is 10.1. The van der Waals surface area contributed by atoms with E-state index in [4.69, 9.17) is 14.2 Å². The number of benzene rings is 3. The van der Waals surface area contributed by atoms with E-state index in [9.17, 15) is 9.59 Å². The van der Waals surface area contributed by atoms with Gasteiger partial charge in [-0.3, -0.25) is 4.79 Å². The number of aromatic nitrogens is 1. The topological polar surface area (TPSA) is 91.2 Å². The number of ether oxygens (including phenoxy) is 3. The largest absolute Gasteiger partial charge is 0.497 e. The first-order chi connectivity index (χ1) is 17.1. The fourth-order valence-electron chi connectivity index (χ4n) is 3.35. The second-order valence-electron chi connectivity index (χ2n) is 7.33. The van der Waals surface area contributed by atoms with Gasteiger partial charge in [0.2, 0.25) is 0 Å². The zero-order chi connectivity index (χ0) is 24.6. The van der Waals surface area contributed by atoms with Crippen molar-refractivity contribution in [2.24, 2.45) is 5.10 Å². The standard InChI is InChI=1S/C27H23N3O5/c1-33-21-12-10-20(11-13-21)27(32)35-25-17-19(9-14-24(25)34-2)18-28-29-26(31)22-7-3-4-8-23(22)30-15-5-6-16-30/h3-18H,1-2H3,(H,29,31)/b28-18+. The molecule has 0 radical (unpaired) electrons. The summed E-state index contributed by atoms with van der Waals surface area (Å²) in [6.45, 7) is 0. The highest BCUT2D eigenvalue weighted by Gasteiger charge is 2.14. The molecule has 3 aromatic carbocycles. The van der Waals surface area contributed by atoms with Gasteiger partial charge in [-0.25, -0.2) is 10.2 Å². The molecule has 8 heteroatoms. The third-order valence-electron chi connectivity index (χ3n) is 5.13. The Kier molecular flexibility index (Phi) is 7.22. The molecular weight excluding hydrogens is 446 g/mol. The van der Waals surface area contributed by atoms with Crippen molar-refractivity contribution in [2.75, 3.05) is 14.2 Å². The lowest BCUT2D eigenvalue weighted by molar-refractivity contribution is 0.0729. The third-order valence-corrected chi connectivity index (χ3v) is 5.13. The molecule has 0 fully saturated rings. The zero-order valence-corrected chi connectivity index (χ0v) is 19.2. The first-order valence-corrected chi connectivity index (χ1v) is 10.7. The number of hydrazone groups is 1. The lowest BCUT2D eigenvalue weighted by Gasteiger charge is -2.10. The van der Waals surface area contributed by atoms with E-state index in [2.05, 4.69) is 10.5 Å². The van der Waals surface area contributed by atoms with Gasteiger partial charge in [-0.1, -0.05) is 12.1 Å². The molecule has 1 heterocycles. The summed E-state index contributed by atoms with van der Waals surface area (Å²) in [6, 6.07) is 22.6. The van der Waals surface area contributed by atoms with E-state index in [1.807, 2.05) is 41.2 Å². The molecule has 0 bridgehead atoms. The maximum Gasteiger partial charge on any atom is 0.343 e. The number of hydrogen-bond donors (Lipinski definition) is 1. The van der Waals surface area contributed by atoms with Gasteiger partial charge in [0.05, 0.1) is 37.2 Å². The van der Waals surface area contributed by atoms with Crippen molar-refractivity contribution >= 4 is 18.1 Å². The van der Waals surface area contributed by atoms with Gasteiger partial charge in [0.15, 0.2) is 11.5 Å². The number of esters is 1. The number of carbonyl (C=O) groups excluding carboxylic acids is 2. The van der Waals surface area contributed by atoms with Gasteiger partial charge in [-0.15, -0.1) is 0 Å². The molecule has 8 nitrogen and oxygen atoms in total. The summed E-state index contributed by atoms with van der Waals surface area (Å²) in [5.41, 5.74) is 4.72. The van der Waals surface area contributed by atoms with Crippen molar-refractivity contribution in [3.63, 3.8) is 0 Å². The minimum atomic E-state index is -0.546. The van der Waals surface area contributed by atoms with Crippen LogP contribution in [0.3, 0.4) is 0 Å². The molecule has 0 aliphatic heterocycles. The van der Waals surface area contributed by atoms with Crippen molar-refractivity contribution < 1.29 is 23.8 Å². The average molecular weight is 469 g/mol. The van der Waals surface area contributed by atoms with Gasteiger partial charge >= 0.3 is 5.97 Å². The molecule has 176 valence electrons. The molecule has 0 saturated heterocycles. The van der Waals surface area contributed by atoms with Crippen LogP contribution in [0.2, 0.25) is 0 Å². The Balaban J connectivity index is 1.47. The summed E-state index contributed by atoms with van der Waals surface area (Å²) in [5.74, 6) is 0.339. The molecule has 4 aromatic rings. The summed E-state index contributed by atoms with van der Waals surface area (Å²) in [6.07, 6.45) is 5.18. The van der Waals surface area contributed by atoms with Gasteiger partial charge in [0, 0.05) is 12.4 Å². The maximum absolute atomic E-state index is 12.7. The zero-order valence-electron chi connectivity index (χ0n) is 19.2. The summed E-state index contributed by atoms with van der Waals surface area (Å²) in [4.78, 5) is 25.3. The Morgan fingerprint density at radius 3 is 2.31 bits per heavy atom. The van der Waals surface area contributed by atoms with Crippen molar-refractivity contribution in [2.45, 2.75) is 0 Å². The van der Waals surface area contributed by atoms with E-state index < -0.39 is 5.97 Å². The van der Waals surface area contributed by atoms with Crippen LogP contribution in [-0.2, 0) is 0 Å². The number of para-hydroxylation sites is 1. The fourth-order valence-corrected chi connectivity index (χ4v) is 3.35. The molecule has 0 atom stereocenters. The Labute approximate surface area is 202 Å². The quantitative estimate of drug-likeness (QED) is 0.178. The summed E-state index contributed by atoms with van der Waals surface area (Å²) in [5, 5.41) is 4.06. The Hall–Kier alpha value is -4.85. The maximum atomic E-state index is 12.7. The number of hydrogen-bond acceptors (Lipinski definition) is 6. The minimum absolute atomic E-state index is 0.224. The second-order valence-corrected chi connectivity index (χ2v) is 7.33. The van der Waals surface area contributed by atoms with Crippen molar-refractivity contribution in [1.82, 2.24) is 9.99 Å². The number of amides is 1. The number of nitrogens with one attached hydrogen (secondary N) is 1. The lowest BCUT2D eigenvalue weighted by Crippen LogP contribution is -2.19. The SMILES string of the molecule is COc1ccc(C(=O)Oc2cc(/C=N/NC(=O)c3ccccc3-n3cccc3)ccc2OC)cc1. The molecule has 35 heavy (non-hydrogen) atoms. The smallest absolute Gasteiger partial charge is 0.343 e. The van der Waals surface area contributed by atoms with Crippen molar-refractivity contribution in [3.05, 3.63) is 108 Å². The van der Waals surface area contributed by atoms with Crippen LogP contribution in [0.1, 0.15) is 26.3 Å². The highest BCUT2D eigenvalue weighted by molar-refractivity contribution is 5.98. The summed E-state index contributed by atoms with van der Waals surface area (Å²) >= 11 is 0. The van der Waals surface area contributed by atoms with E-state index in [0.29, 0.717) is 28.2 Å². The van der Waals surface area contributed by atoms with Crippen LogP contribution in [0.25, 0.3) is 5.69 Å². The van der Waals surface area contributed by atoms with Crippen LogP contribution in [-0.4, -0.2) is 36.9 Å². The van der Waals surface area contributed by atoms with Crippen LogP contribution in [0.15, 0.2) is 96.4 Å². The molecule has 1 N–H and O–H groups in total. The van der Waals surface area contributed by atoms with Crippen molar-refractivity contribution in [1.29, 1.82) is 0 Å². The first-order valence-electron chi connectivity index (χ1n) is 10.7. The molecular formula is C27H23N3O5. The van der Waals surface area contributed by atoms with Crippen LogP contribution in [0, 0.1) is 0 Å². The minimum Gasteiger partial charge on any atom is -0.497 e. The normalized spacial score (nSPS) is 10.7. The number of methoxy groups -OCH3 is 2. The van der Waals surface area contributed by atoms with Crippen LogP contribution >= 0.6 is 0 Å². The molecule has 0 aliphatic carbocycles. The van der Waals surface area contributed by atoms with E-state index >= 15 is 0 Å².